The summed E-state index contributed by atoms with van der Waals surface area (Å²) in [5.74, 6) is 5.24. The van der Waals surface area contributed by atoms with Crippen LogP contribution in [0.5, 0.6) is 0 Å². The van der Waals surface area contributed by atoms with Gasteiger partial charge in [-0.25, -0.2) is 0 Å². The molecule has 1 heteroatoms. The summed E-state index contributed by atoms with van der Waals surface area (Å²) >= 11 is 0. The summed E-state index contributed by atoms with van der Waals surface area (Å²) in [6.45, 7) is 4.84. The van der Waals surface area contributed by atoms with Crippen LogP contribution in [-0.2, 0) is 0 Å². The lowest BCUT2D eigenvalue weighted by molar-refractivity contribution is 0.487. The molecule has 0 saturated heterocycles. The zero-order chi connectivity index (χ0) is 8.74. The standard InChI is InChI=1S/C10H15N/c1-5-7-8-9-11-10(3,4)6-2/h1-2,11H,7-9H2,3-4H3. The lowest BCUT2D eigenvalue weighted by Crippen LogP contribution is -2.38. The van der Waals surface area contributed by atoms with Crippen LogP contribution in [0.2, 0.25) is 0 Å². The summed E-state index contributed by atoms with van der Waals surface area (Å²) in [6, 6.07) is 0. The van der Waals surface area contributed by atoms with E-state index < -0.39 is 0 Å². The van der Waals surface area contributed by atoms with Crippen LogP contribution in [0, 0.1) is 24.7 Å². The van der Waals surface area contributed by atoms with Gasteiger partial charge in [0.05, 0.1) is 5.54 Å². The predicted molar refractivity (Wildman–Crippen MR) is 49.0 cm³/mol. The molecule has 0 bridgehead atoms. The first kappa shape index (κ1) is 10.1. The third-order valence-electron chi connectivity index (χ3n) is 1.43. The van der Waals surface area contributed by atoms with E-state index in [1.165, 1.54) is 0 Å². The first-order valence-corrected chi connectivity index (χ1v) is 3.78. The Balaban J connectivity index is 3.42. The van der Waals surface area contributed by atoms with Gasteiger partial charge in [0.25, 0.3) is 0 Å². The Morgan fingerprint density at radius 2 is 2.00 bits per heavy atom. The van der Waals surface area contributed by atoms with Crippen LogP contribution in [0.4, 0.5) is 0 Å². The van der Waals surface area contributed by atoms with Crippen molar-refractivity contribution in [1.82, 2.24) is 5.32 Å². The molecule has 0 unspecified atom stereocenters. The zero-order valence-corrected chi connectivity index (χ0v) is 7.28. The maximum Gasteiger partial charge on any atom is 0.0741 e. The molecule has 0 radical (unpaired) electrons. The Morgan fingerprint density at radius 1 is 1.36 bits per heavy atom. The molecular weight excluding hydrogens is 134 g/mol. The van der Waals surface area contributed by atoms with Crippen LogP contribution < -0.4 is 5.32 Å². The van der Waals surface area contributed by atoms with E-state index in [1.54, 1.807) is 0 Å². The Bertz CT molecular complexity index is 178. The smallest absolute Gasteiger partial charge is 0.0741 e. The van der Waals surface area contributed by atoms with Gasteiger partial charge in [0.15, 0.2) is 0 Å². The van der Waals surface area contributed by atoms with Gasteiger partial charge in [0, 0.05) is 6.42 Å². The third-order valence-corrected chi connectivity index (χ3v) is 1.43. The SMILES string of the molecule is C#CCCCNC(C)(C)C#C. The molecule has 0 heterocycles. The van der Waals surface area contributed by atoms with Crippen molar-refractivity contribution in [3.8, 4) is 24.7 Å². The topological polar surface area (TPSA) is 12.0 Å². The Kier molecular flexibility index (Phi) is 4.42. The first-order chi connectivity index (χ1) is 5.12. The third kappa shape index (κ3) is 5.52. The number of hydrogen-bond acceptors (Lipinski definition) is 1. The van der Waals surface area contributed by atoms with E-state index in [4.69, 9.17) is 12.8 Å². The van der Waals surface area contributed by atoms with Crippen molar-refractivity contribution in [2.75, 3.05) is 6.54 Å². The highest BCUT2D eigenvalue weighted by molar-refractivity contribution is 5.07. The Hall–Kier alpha value is -0.920. The molecular formula is C10H15N. The molecule has 0 aromatic carbocycles. The van der Waals surface area contributed by atoms with Gasteiger partial charge >= 0.3 is 0 Å². The van der Waals surface area contributed by atoms with E-state index in [-0.39, 0.29) is 5.54 Å². The van der Waals surface area contributed by atoms with Crippen molar-refractivity contribution in [2.24, 2.45) is 0 Å². The summed E-state index contributed by atoms with van der Waals surface area (Å²) in [7, 11) is 0. The lowest BCUT2D eigenvalue weighted by atomic mass is 10.1. The molecule has 0 aliphatic heterocycles. The first-order valence-electron chi connectivity index (χ1n) is 3.78. The lowest BCUT2D eigenvalue weighted by Gasteiger charge is -2.18. The Morgan fingerprint density at radius 3 is 2.45 bits per heavy atom. The fourth-order valence-corrected chi connectivity index (χ4v) is 0.642. The van der Waals surface area contributed by atoms with E-state index >= 15 is 0 Å². The van der Waals surface area contributed by atoms with Crippen molar-refractivity contribution < 1.29 is 0 Å². The van der Waals surface area contributed by atoms with Gasteiger partial charge in [-0.2, -0.15) is 0 Å². The molecule has 1 nitrogen and oxygen atoms in total. The van der Waals surface area contributed by atoms with Crippen LogP contribution >= 0.6 is 0 Å². The largest absolute Gasteiger partial charge is 0.302 e. The normalized spacial score (nSPS) is 10.2. The molecule has 0 aliphatic rings. The van der Waals surface area contributed by atoms with Crippen LogP contribution in [-0.4, -0.2) is 12.1 Å². The van der Waals surface area contributed by atoms with Gasteiger partial charge in [-0.15, -0.1) is 18.8 Å². The number of terminal acetylenes is 2. The van der Waals surface area contributed by atoms with Crippen LogP contribution in [0.25, 0.3) is 0 Å². The van der Waals surface area contributed by atoms with Crippen LogP contribution in [0.3, 0.4) is 0 Å². The van der Waals surface area contributed by atoms with Crippen LogP contribution in [0.15, 0.2) is 0 Å². The van der Waals surface area contributed by atoms with Gasteiger partial charge in [-0.3, -0.25) is 0 Å². The van der Waals surface area contributed by atoms with Crippen molar-refractivity contribution in [3.63, 3.8) is 0 Å². The van der Waals surface area contributed by atoms with E-state index in [1.807, 2.05) is 13.8 Å². The maximum atomic E-state index is 5.27. The van der Waals surface area contributed by atoms with Crippen molar-refractivity contribution in [3.05, 3.63) is 0 Å². The fourth-order valence-electron chi connectivity index (χ4n) is 0.642. The van der Waals surface area contributed by atoms with Crippen molar-refractivity contribution in [1.29, 1.82) is 0 Å². The number of hydrogen-bond donors (Lipinski definition) is 1. The fraction of sp³-hybridized carbons (Fsp3) is 0.600. The van der Waals surface area contributed by atoms with Gasteiger partial charge in [-0.05, 0) is 26.8 Å². The maximum absolute atomic E-state index is 5.27. The van der Waals surface area contributed by atoms with Gasteiger partial charge < -0.3 is 5.32 Å². The predicted octanol–water partition coefficient (Wildman–Crippen LogP) is 1.40. The molecule has 11 heavy (non-hydrogen) atoms. The molecule has 0 amide bonds. The Labute approximate surface area is 69.6 Å². The molecule has 1 N–H and O–H groups in total. The van der Waals surface area contributed by atoms with E-state index in [9.17, 15) is 0 Å². The van der Waals surface area contributed by atoms with E-state index in [0.29, 0.717) is 0 Å². The minimum absolute atomic E-state index is 0.200. The van der Waals surface area contributed by atoms with Crippen molar-refractivity contribution >= 4 is 0 Å². The molecule has 0 fully saturated rings. The highest BCUT2D eigenvalue weighted by Gasteiger charge is 2.10. The minimum Gasteiger partial charge on any atom is -0.302 e. The average molecular weight is 149 g/mol. The quantitative estimate of drug-likeness (QED) is 0.470. The monoisotopic (exact) mass is 149 g/mol. The summed E-state index contributed by atoms with van der Waals surface area (Å²) in [6.07, 6.45) is 12.2. The molecule has 0 spiro atoms. The van der Waals surface area contributed by atoms with Crippen molar-refractivity contribution in [2.45, 2.75) is 32.2 Å². The zero-order valence-electron chi connectivity index (χ0n) is 7.28. The molecule has 0 saturated carbocycles. The second-order valence-corrected chi connectivity index (χ2v) is 3.00. The van der Waals surface area contributed by atoms with E-state index in [0.717, 1.165) is 19.4 Å². The number of nitrogens with one attached hydrogen (secondary N) is 1. The molecule has 0 aromatic rings. The average Bonchev–Trinajstić information content (AvgIpc) is 1.99. The van der Waals surface area contributed by atoms with Crippen LogP contribution in [0.1, 0.15) is 26.7 Å². The van der Waals surface area contributed by atoms with E-state index in [2.05, 4.69) is 17.2 Å². The summed E-state index contributed by atoms with van der Waals surface area (Å²) in [5.41, 5.74) is -0.200. The molecule has 0 atom stereocenters. The summed E-state index contributed by atoms with van der Waals surface area (Å²) < 4.78 is 0. The summed E-state index contributed by atoms with van der Waals surface area (Å²) in [4.78, 5) is 0. The highest BCUT2D eigenvalue weighted by Crippen LogP contribution is 1.98. The van der Waals surface area contributed by atoms with Gasteiger partial charge in [0.2, 0.25) is 0 Å². The molecule has 60 valence electrons. The number of rotatable bonds is 4. The molecule has 0 aromatic heterocycles. The summed E-state index contributed by atoms with van der Waals surface area (Å²) in [5, 5.41) is 3.21. The minimum atomic E-state index is -0.200. The van der Waals surface area contributed by atoms with Gasteiger partial charge in [-0.1, -0.05) is 5.92 Å². The second-order valence-electron chi connectivity index (χ2n) is 3.00. The van der Waals surface area contributed by atoms with Gasteiger partial charge in [0.1, 0.15) is 0 Å². The molecule has 0 rings (SSSR count). The highest BCUT2D eigenvalue weighted by atomic mass is 14.9. The number of unbranched alkanes of at least 4 members (excludes halogenated alkanes) is 1. The molecule has 0 aliphatic carbocycles. The second kappa shape index (κ2) is 4.83.